The van der Waals surface area contributed by atoms with Crippen LogP contribution in [-0.4, -0.2) is 10.5 Å². The molecule has 0 aromatic carbocycles. The molecule has 2 N–H and O–H groups in total. The lowest BCUT2D eigenvalue weighted by molar-refractivity contribution is 0.448. The molecule has 2 nitrogen and oxygen atoms in total. The van der Waals surface area contributed by atoms with Crippen molar-refractivity contribution in [2.45, 2.75) is 39.2 Å². The van der Waals surface area contributed by atoms with E-state index in [4.69, 9.17) is 5.73 Å². The highest BCUT2D eigenvalue weighted by Crippen LogP contribution is 2.15. The van der Waals surface area contributed by atoms with Crippen LogP contribution in [0.2, 0.25) is 0 Å². The molecule has 0 aliphatic heterocycles. The van der Waals surface area contributed by atoms with Gasteiger partial charge in [0.1, 0.15) is 0 Å². The highest BCUT2D eigenvalue weighted by atomic mass is 14.7. The number of nitrogens with two attached hydrogens (primary N) is 1. The summed E-state index contributed by atoms with van der Waals surface area (Å²) in [5.74, 6) is 0. The minimum Gasteiger partial charge on any atom is -0.325 e. The fourth-order valence-corrected chi connectivity index (χ4v) is 1.26. The number of aryl methyl sites for hydroxylation is 1. The standard InChI is InChI=1S/C11H18N2/c1-4-11(3,12)8-10-6-5-7-13-9(10)2/h5-7H,4,8,12H2,1-3H3. The Labute approximate surface area is 80.2 Å². The summed E-state index contributed by atoms with van der Waals surface area (Å²) >= 11 is 0. The summed E-state index contributed by atoms with van der Waals surface area (Å²) in [6.07, 6.45) is 3.71. The number of nitrogens with zero attached hydrogens (tertiary/aromatic N) is 1. The zero-order valence-electron chi connectivity index (χ0n) is 8.67. The minimum absolute atomic E-state index is 0.103. The first-order valence-corrected chi connectivity index (χ1v) is 4.74. The van der Waals surface area contributed by atoms with Crippen molar-refractivity contribution in [1.29, 1.82) is 0 Å². The van der Waals surface area contributed by atoms with E-state index in [0.717, 1.165) is 18.5 Å². The van der Waals surface area contributed by atoms with E-state index < -0.39 is 0 Å². The SMILES string of the molecule is CCC(C)(N)Cc1cccnc1C. The largest absolute Gasteiger partial charge is 0.325 e. The van der Waals surface area contributed by atoms with Crippen molar-refractivity contribution in [1.82, 2.24) is 4.98 Å². The second kappa shape index (κ2) is 3.88. The van der Waals surface area contributed by atoms with Gasteiger partial charge in [-0.2, -0.15) is 0 Å². The average molecular weight is 178 g/mol. The van der Waals surface area contributed by atoms with E-state index in [1.807, 2.05) is 19.2 Å². The highest BCUT2D eigenvalue weighted by Gasteiger charge is 2.17. The number of hydrogen-bond acceptors (Lipinski definition) is 2. The summed E-state index contributed by atoms with van der Waals surface area (Å²) < 4.78 is 0. The second-order valence-electron chi connectivity index (χ2n) is 3.93. The molecule has 0 aliphatic rings. The second-order valence-corrected chi connectivity index (χ2v) is 3.93. The molecule has 0 fully saturated rings. The Balaban J connectivity index is 2.80. The molecule has 1 aromatic rings. The van der Waals surface area contributed by atoms with Gasteiger partial charge in [-0.25, -0.2) is 0 Å². The van der Waals surface area contributed by atoms with Crippen molar-refractivity contribution in [3.63, 3.8) is 0 Å². The maximum Gasteiger partial charge on any atom is 0.0405 e. The molecule has 1 aromatic heterocycles. The zero-order chi connectivity index (χ0) is 9.90. The van der Waals surface area contributed by atoms with E-state index in [1.54, 1.807) is 0 Å². The smallest absolute Gasteiger partial charge is 0.0405 e. The van der Waals surface area contributed by atoms with E-state index in [9.17, 15) is 0 Å². The predicted molar refractivity (Wildman–Crippen MR) is 55.6 cm³/mol. The summed E-state index contributed by atoms with van der Waals surface area (Å²) in [7, 11) is 0. The zero-order valence-corrected chi connectivity index (χ0v) is 8.67. The average Bonchev–Trinajstić information content (AvgIpc) is 2.09. The molecule has 72 valence electrons. The highest BCUT2D eigenvalue weighted by molar-refractivity contribution is 5.20. The maximum atomic E-state index is 6.09. The number of aromatic nitrogens is 1. The van der Waals surface area contributed by atoms with Crippen molar-refractivity contribution in [3.8, 4) is 0 Å². The van der Waals surface area contributed by atoms with Crippen molar-refractivity contribution < 1.29 is 0 Å². The van der Waals surface area contributed by atoms with Crippen LogP contribution in [0, 0.1) is 6.92 Å². The van der Waals surface area contributed by atoms with Crippen LogP contribution in [0.3, 0.4) is 0 Å². The van der Waals surface area contributed by atoms with E-state index in [2.05, 4.69) is 24.9 Å². The molecular weight excluding hydrogens is 160 g/mol. The van der Waals surface area contributed by atoms with Crippen LogP contribution in [0.25, 0.3) is 0 Å². The van der Waals surface area contributed by atoms with E-state index >= 15 is 0 Å². The van der Waals surface area contributed by atoms with Gasteiger partial charge in [0.15, 0.2) is 0 Å². The first-order valence-electron chi connectivity index (χ1n) is 4.74. The lowest BCUT2D eigenvalue weighted by atomic mass is 9.91. The third-order valence-corrected chi connectivity index (χ3v) is 2.52. The van der Waals surface area contributed by atoms with Gasteiger partial charge in [0.05, 0.1) is 0 Å². The molecule has 1 unspecified atom stereocenters. The molecule has 1 rings (SSSR count). The summed E-state index contributed by atoms with van der Waals surface area (Å²) in [6.45, 7) is 6.23. The van der Waals surface area contributed by atoms with Crippen LogP contribution in [0.15, 0.2) is 18.3 Å². The van der Waals surface area contributed by atoms with Crippen molar-refractivity contribution >= 4 is 0 Å². The summed E-state index contributed by atoms with van der Waals surface area (Å²) in [6, 6.07) is 4.07. The van der Waals surface area contributed by atoms with Gasteiger partial charge in [0.25, 0.3) is 0 Å². The van der Waals surface area contributed by atoms with Gasteiger partial charge in [0.2, 0.25) is 0 Å². The minimum atomic E-state index is -0.103. The Morgan fingerprint density at radius 1 is 1.54 bits per heavy atom. The van der Waals surface area contributed by atoms with Crippen LogP contribution in [0.4, 0.5) is 0 Å². The predicted octanol–water partition coefficient (Wildman–Crippen LogP) is 2.06. The van der Waals surface area contributed by atoms with Gasteiger partial charge in [-0.3, -0.25) is 4.98 Å². The Bertz CT molecular complexity index is 279. The molecule has 0 aliphatic carbocycles. The van der Waals surface area contributed by atoms with Crippen LogP contribution in [-0.2, 0) is 6.42 Å². The number of hydrogen-bond donors (Lipinski definition) is 1. The summed E-state index contributed by atoms with van der Waals surface area (Å²) in [5.41, 5.74) is 8.33. The number of rotatable bonds is 3. The van der Waals surface area contributed by atoms with Crippen LogP contribution in [0.5, 0.6) is 0 Å². The van der Waals surface area contributed by atoms with Gasteiger partial charge in [-0.15, -0.1) is 0 Å². The molecule has 0 saturated heterocycles. The lowest BCUT2D eigenvalue weighted by Gasteiger charge is -2.23. The molecule has 0 radical (unpaired) electrons. The molecule has 13 heavy (non-hydrogen) atoms. The van der Waals surface area contributed by atoms with Gasteiger partial charge < -0.3 is 5.73 Å². The maximum absolute atomic E-state index is 6.09. The normalized spacial score (nSPS) is 15.4. The van der Waals surface area contributed by atoms with Crippen molar-refractivity contribution in [2.24, 2.45) is 5.73 Å². The lowest BCUT2D eigenvalue weighted by Crippen LogP contribution is -2.37. The molecule has 0 spiro atoms. The van der Waals surface area contributed by atoms with Crippen LogP contribution < -0.4 is 5.73 Å². The molecule has 1 atom stereocenters. The van der Waals surface area contributed by atoms with Crippen molar-refractivity contribution in [2.75, 3.05) is 0 Å². The Kier molecular flexibility index (Phi) is 3.04. The van der Waals surface area contributed by atoms with Gasteiger partial charge >= 0.3 is 0 Å². The molecule has 0 amide bonds. The summed E-state index contributed by atoms with van der Waals surface area (Å²) in [4.78, 5) is 4.24. The van der Waals surface area contributed by atoms with Crippen LogP contribution in [0.1, 0.15) is 31.5 Å². The summed E-state index contributed by atoms with van der Waals surface area (Å²) in [5, 5.41) is 0. The fraction of sp³-hybridized carbons (Fsp3) is 0.545. The molecule has 1 heterocycles. The molecule has 2 heteroatoms. The van der Waals surface area contributed by atoms with E-state index in [-0.39, 0.29) is 5.54 Å². The fourth-order valence-electron chi connectivity index (χ4n) is 1.26. The van der Waals surface area contributed by atoms with E-state index in [1.165, 1.54) is 5.56 Å². The third kappa shape index (κ3) is 2.81. The van der Waals surface area contributed by atoms with Crippen molar-refractivity contribution in [3.05, 3.63) is 29.6 Å². The van der Waals surface area contributed by atoms with E-state index in [0.29, 0.717) is 0 Å². The number of pyridine rings is 1. The Morgan fingerprint density at radius 2 is 2.23 bits per heavy atom. The Hall–Kier alpha value is -0.890. The third-order valence-electron chi connectivity index (χ3n) is 2.52. The topological polar surface area (TPSA) is 38.9 Å². The first-order chi connectivity index (χ1) is 6.05. The quantitative estimate of drug-likeness (QED) is 0.769. The Morgan fingerprint density at radius 3 is 2.77 bits per heavy atom. The molecular formula is C11H18N2. The van der Waals surface area contributed by atoms with Gasteiger partial charge in [-0.1, -0.05) is 13.0 Å². The first kappa shape index (κ1) is 10.2. The molecule has 0 bridgehead atoms. The van der Waals surface area contributed by atoms with Crippen LogP contribution >= 0.6 is 0 Å². The molecule has 0 saturated carbocycles. The monoisotopic (exact) mass is 178 g/mol. The van der Waals surface area contributed by atoms with Gasteiger partial charge in [-0.05, 0) is 38.3 Å². The van der Waals surface area contributed by atoms with Gasteiger partial charge in [0, 0.05) is 17.4 Å².